The van der Waals surface area contributed by atoms with Crippen molar-refractivity contribution in [1.82, 2.24) is 5.32 Å². The molecule has 2 rings (SSSR count). The molecule has 1 aliphatic carbocycles. The zero-order valence-corrected chi connectivity index (χ0v) is 11.8. The molecule has 0 heterocycles. The zero-order chi connectivity index (χ0) is 13.0. The Morgan fingerprint density at radius 2 is 1.83 bits per heavy atom. The summed E-state index contributed by atoms with van der Waals surface area (Å²) in [4.78, 5) is 0. The monoisotopic (exact) mass is 247 g/mol. The summed E-state index contributed by atoms with van der Waals surface area (Å²) in [6, 6.07) is 9.34. The molecule has 2 nitrogen and oxygen atoms in total. The predicted octanol–water partition coefficient (Wildman–Crippen LogP) is 3.50. The largest absolute Gasteiger partial charge is 0.374 e. The van der Waals surface area contributed by atoms with Crippen molar-refractivity contribution < 1.29 is 4.74 Å². The van der Waals surface area contributed by atoms with Crippen molar-refractivity contribution in [3.05, 3.63) is 35.4 Å². The van der Waals surface area contributed by atoms with Gasteiger partial charge in [-0.2, -0.15) is 0 Å². The van der Waals surface area contributed by atoms with E-state index in [0.717, 1.165) is 19.2 Å². The smallest absolute Gasteiger partial charge is 0.0723 e. The van der Waals surface area contributed by atoms with E-state index >= 15 is 0 Å². The van der Waals surface area contributed by atoms with Gasteiger partial charge in [0.05, 0.1) is 12.7 Å². The molecule has 18 heavy (non-hydrogen) atoms. The summed E-state index contributed by atoms with van der Waals surface area (Å²) in [6.07, 6.45) is 2.99. The topological polar surface area (TPSA) is 21.3 Å². The van der Waals surface area contributed by atoms with Crippen LogP contribution in [0.4, 0.5) is 0 Å². The molecule has 2 heteroatoms. The maximum Gasteiger partial charge on any atom is 0.0723 e. The Labute approximate surface area is 111 Å². The van der Waals surface area contributed by atoms with Crippen molar-refractivity contribution in [2.45, 2.75) is 58.9 Å². The van der Waals surface area contributed by atoms with E-state index in [1.165, 1.54) is 24.0 Å². The fourth-order valence-electron chi connectivity index (χ4n) is 1.83. The van der Waals surface area contributed by atoms with Crippen LogP contribution in [0, 0.1) is 5.92 Å². The first-order chi connectivity index (χ1) is 8.66. The van der Waals surface area contributed by atoms with E-state index < -0.39 is 0 Å². The molecule has 1 aliphatic rings. The van der Waals surface area contributed by atoms with Crippen molar-refractivity contribution in [2.75, 3.05) is 0 Å². The second kappa shape index (κ2) is 6.35. The third kappa shape index (κ3) is 4.11. The van der Waals surface area contributed by atoms with Gasteiger partial charge in [-0.05, 0) is 36.8 Å². The summed E-state index contributed by atoms with van der Waals surface area (Å²) in [6.45, 7) is 8.24. The minimum absolute atomic E-state index is 0.314. The molecule has 1 saturated carbocycles. The first-order valence-electron chi connectivity index (χ1n) is 7.08. The third-order valence-corrected chi connectivity index (χ3v) is 3.72. The van der Waals surface area contributed by atoms with Crippen molar-refractivity contribution in [3.63, 3.8) is 0 Å². The van der Waals surface area contributed by atoms with Gasteiger partial charge in [0.2, 0.25) is 0 Å². The lowest BCUT2D eigenvalue weighted by Gasteiger charge is -2.18. The van der Waals surface area contributed by atoms with Crippen LogP contribution < -0.4 is 5.32 Å². The molecule has 1 atom stereocenters. The van der Waals surface area contributed by atoms with Crippen LogP contribution in [0.15, 0.2) is 24.3 Å². The summed E-state index contributed by atoms with van der Waals surface area (Å²) >= 11 is 0. The number of ether oxygens (including phenoxy) is 1. The number of nitrogens with one attached hydrogen (secondary N) is 1. The molecule has 0 bridgehead atoms. The Bertz CT molecular complexity index is 371. The van der Waals surface area contributed by atoms with Crippen molar-refractivity contribution >= 4 is 0 Å². The highest BCUT2D eigenvalue weighted by atomic mass is 16.5. The van der Waals surface area contributed by atoms with Crippen LogP contribution in [0.1, 0.15) is 44.7 Å². The van der Waals surface area contributed by atoms with Gasteiger partial charge in [-0.3, -0.25) is 0 Å². The van der Waals surface area contributed by atoms with Gasteiger partial charge < -0.3 is 10.1 Å². The molecule has 0 spiro atoms. The van der Waals surface area contributed by atoms with Gasteiger partial charge in [-0.15, -0.1) is 0 Å². The highest BCUT2D eigenvalue weighted by Gasteiger charge is 2.20. The van der Waals surface area contributed by atoms with E-state index in [-0.39, 0.29) is 0 Å². The Hall–Kier alpha value is -0.860. The standard InChI is InChI=1S/C16H25NO/c1-12(2)13(3)18-11-15-7-5-4-6-14(15)10-17-16-8-9-16/h4-7,12-13,16-17H,8-11H2,1-3H3. The van der Waals surface area contributed by atoms with Gasteiger partial charge in [0, 0.05) is 12.6 Å². The Morgan fingerprint density at radius 3 is 2.44 bits per heavy atom. The molecule has 1 unspecified atom stereocenters. The SMILES string of the molecule is CC(C)C(C)OCc1ccccc1CNC1CC1. The Morgan fingerprint density at radius 1 is 1.17 bits per heavy atom. The molecular formula is C16H25NO. The van der Waals surface area contributed by atoms with Gasteiger partial charge in [0.15, 0.2) is 0 Å². The highest BCUT2D eigenvalue weighted by Crippen LogP contribution is 2.20. The number of hydrogen-bond acceptors (Lipinski definition) is 2. The predicted molar refractivity (Wildman–Crippen MR) is 75.4 cm³/mol. The van der Waals surface area contributed by atoms with E-state index in [2.05, 4.69) is 50.4 Å². The molecular weight excluding hydrogens is 222 g/mol. The highest BCUT2D eigenvalue weighted by molar-refractivity contribution is 5.26. The summed E-state index contributed by atoms with van der Waals surface area (Å²) in [5.41, 5.74) is 2.69. The van der Waals surface area contributed by atoms with E-state index in [4.69, 9.17) is 4.74 Å². The average Bonchev–Trinajstić information content (AvgIpc) is 3.18. The number of benzene rings is 1. The molecule has 0 amide bonds. The quantitative estimate of drug-likeness (QED) is 0.796. The molecule has 100 valence electrons. The van der Waals surface area contributed by atoms with Gasteiger partial charge in [-0.25, -0.2) is 0 Å². The molecule has 0 aromatic heterocycles. The van der Waals surface area contributed by atoms with Crippen molar-refractivity contribution in [1.29, 1.82) is 0 Å². The number of hydrogen-bond donors (Lipinski definition) is 1. The van der Waals surface area contributed by atoms with E-state index in [1.54, 1.807) is 0 Å². The second-order valence-electron chi connectivity index (χ2n) is 5.68. The summed E-state index contributed by atoms with van der Waals surface area (Å²) in [7, 11) is 0. The molecule has 1 aromatic rings. The number of rotatable bonds is 7. The summed E-state index contributed by atoms with van der Waals surface area (Å²) in [5, 5.41) is 3.57. The van der Waals surface area contributed by atoms with Crippen LogP contribution in [-0.2, 0) is 17.9 Å². The van der Waals surface area contributed by atoms with Crippen molar-refractivity contribution in [2.24, 2.45) is 5.92 Å². The van der Waals surface area contributed by atoms with Gasteiger partial charge in [0.1, 0.15) is 0 Å². The molecule has 1 fully saturated rings. The lowest BCUT2D eigenvalue weighted by molar-refractivity contribution is 0.0231. The Balaban J connectivity index is 1.89. The van der Waals surface area contributed by atoms with Crippen LogP contribution in [0.25, 0.3) is 0 Å². The van der Waals surface area contributed by atoms with E-state index in [1.807, 2.05) is 0 Å². The third-order valence-electron chi connectivity index (χ3n) is 3.72. The minimum atomic E-state index is 0.314. The van der Waals surface area contributed by atoms with Crippen molar-refractivity contribution in [3.8, 4) is 0 Å². The normalized spacial score (nSPS) is 17.1. The van der Waals surface area contributed by atoms with Gasteiger partial charge >= 0.3 is 0 Å². The summed E-state index contributed by atoms with van der Waals surface area (Å²) < 4.78 is 5.92. The van der Waals surface area contributed by atoms with Crippen LogP contribution >= 0.6 is 0 Å². The van der Waals surface area contributed by atoms with Gasteiger partial charge in [0.25, 0.3) is 0 Å². The average molecular weight is 247 g/mol. The molecule has 1 aromatic carbocycles. The van der Waals surface area contributed by atoms with E-state index in [9.17, 15) is 0 Å². The molecule has 0 aliphatic heterocycles. The minimum Gasteiger partial charge on any atom is -0.374 e. The lowest BCUT2D eigenvalue weighted by Crippen LogP contribution is -2.18. The molecule has 1 N–H and O–H groups in total. The van der Waals surface area contributed by atoms with E-state index in [0.29, 0.717) is 12.0 Å². The molecule has 0 saturated heterocycles. The fraction of sp³-hybridized carbons (Fsp3) is 0.625. The molecule has 0 radical (unpaired) electrons. The Kier molecular flexibility index (Phi) is 4.79. The maximum atomic E-state index is 5.92. The van der Waals surface area contributed by atoms with Crippen LogP contribution in [0.2, 0.25) is 0 Å². The van der Waals surface area contributed by atoms with Crippen LogP contribution in [0.5, 0.6) is 0 Å². The second-order valence-corrected chi connectivity index (χ2v) is 5.68. The maximum absolute atomic E-state index is 5.92. The summed E-state index contributed by atoms with van der Waals surface area (Å²) in [5.74, 6) is 0.571. The van der Waals surface area contributed by atoms with Crippen LogP contribution in [-0.4, -0.2) is 12.1 Å². The fourth-order valence-corrected chi connectivity index (χ4v) is 1.83. The first-order valence-corrected chi connectivity index (χ1v) is 7.08. The van der Waals surface area contributed by atoms with Gasteiger partial charge in [-0.1, -0.05) is 38.1 Å². The zero-order valence-electron chi connectivity index (χ0n) is 11.8. The first kappa shape index (κ1) is 13.6. The van der Waals surface area contributed by atoms with Crippen LogP contribution in [0.3, 0.4) is 0 Å². The lowest BCUT2D eigenvalue weighted by atomic mass is 10.1.